The van der Waals surface area contributed by atoms with E-state index in [9.17, 15) is 14.4 Å². The molecule has 0 aliphatic carbocycles. The summed E-state index contributed by atoms with van der Waals surface area (Å²) < 4.78 is 14.3. The molecular weight excluding hydrogens is 252 g/mol. The molecule has 1 rings (SSSR count). The normalized spacial score (nSPS) is 9.89. The average molecular weight is 266 g/mol. The molecule has 6 heteroatoms. The number of hydrogen-bond acceptors (Lipinski definition) is 6. The molecule has 0 unspecified atom stereocenters. The third kappa shape index (κ3) is 4.42. The lowest BCUT2D eigenvalue weighted by atomic mass is 10.1. The molecule has 0 saturated heterocycles. The molecule has 0 spiro atoms. The number of benzene rings is 1. The summed E-state index contributed by atoms with van der Waals surface area (Å²) in [6, 6.07) is 6.01. The summed E-state index contributed by atoms with van der Waals surface area (Å²) in [7, 11) is 1.27. The van der Waals surface area contributed by atoms with Crippen LogP contribution >= 0.6 is 0 Å². The van der Waals surface area contributed by atoms with E-state index in [2.05, 4.69) is 4.74 Å². The van der Waals surface area contributed by atoms with Gasteiger partial charge in [0, 0.05) is 19.4 Å². The molecule has 0 aromatic heterocycles. The Bertz CT molecular complexity index is 460. The molecule has 6 nitrogen and oxygen atoms in total. The summed E-state index contributed by atoms with van der Waals surface area (Å²) in [4.78, 5) is 33.1. The monoisotopic (exact) mass is 266 g/mol. The highest BCUT2D eigenvalue weighted by atomic mass is 16.7. The molecule has 1 aromatic rings. The minimum absolute atomic E-state index is 0.343. The Balaban J connectivity index is 2.93. The molecule has 0 aliphatic rings. The fourth-order valence-electron chi connectivity index (χ4n) is 1.36. The van der Waals surface area contributed by atoms with Gasteiger partial charge in [0.25, 0.3) is 6.29 Å². The van der Waals surface area contributed by atoms with E-state index >= 15 is 0 Å². The second kappa shape index (κ2) is 6.53. The van der Waals surface area contributed by atoms with Gasteiger partial charge in [0.15, 0.2) is 0 Å². The van der Waals surface area contributed by atoms with Gasteiger partial charge >= 0.3 is 17.9 Å². The van der Waals surface area contributed by atoms with Crippen molar-refractivity contribution in [3.63, 3.8) is 0 Å². The molecular formula is C13H14O6. The summed E-state index contributed by atoms with van der Waals surface area (Å²) in [6.45, 7) is 2.42. The molecule has 0 N–H and O–H groups in total. The summed E-state index contributed by atoms with van der Waals surface area (Å²) in [5, 5.41) is 0. The number of hydrogen-bond donors (Lipinski definition) is 0. The zero-order valence-electron chi connectivity index (χ0n) is 10.8. The number of esters is 3. The molecule has 1 aromatic carbocycles. The minimum Gasteiger partial charge on any atom is -0.465 e. The van der Waals surface area contributed by atoms with Crippen molar-refractivity contribution in [3.05, 3.63) is 35.4 Å². The van der Waals surface area contributed by atoms with Crippen LogP contribution in [0.5, 0.6) is 0 Å². The Hall–Kier alpha value is -2.37. The van der Waals surface area contributed by atoms with Crippen molar-refractivity contribution in [2.45, 2.75) is 20.1 Å². The summed E-state index contributed by atoms with van der Waals surface area (Å²) in [5.74, 6) is -1.64. The van der Waals surface area contributed by atoms with Gasteiger partial charge in [-0.05, 0) is 12.1 Å². The van der Waals surface area contributed by atoms with Gasteiger partial charge in [-0.25, -0.2) is 4.79 Å². The summed E-state index contributed by atoms with van der Waals surface area (Å²) >= 11 is 0. The molecule has 0 radical (unpaired) electrons. The number of rotatable bonds is 4. The van der Waals surface area contributed by atoms with E-state index < -0.39 is 24.2 Å². The zero-order chi connectivity index (χ0) is 14.4. The summed E-state index contributed by atoms with van der Waals surface area (Å²) in [5.41, 5.74) is 0.786. The van der Waals surface area contributed by atoms with Crippen molar-refractivity contribution >= 4 is 17.9 Å². The Labute approximate surface area is 110 Å². The van der Waals surface area contributed by atoms with Crippen molar-refractivity contribution < 1.29 is 28.6 Å². The lowest BCUT2D eigenvalue weighted by Gasteiger charge is -2.16. The van der Waals surface area contributed by atoms with Crippen LogP contribution in [0.1, 0.15) is 36.1 Å². The Morgan fingerprint density at radius 3 is 1.79 bits per heavy atom. The van der Waals surface area contributed by atoms with Crippen molar-refractivity contribution in [3.8, 4) is 0 Å². The van der Waals surface area contributed by atoms with Crippen LogP contribution in [-0.2, 0) is 23.8 Å². The molecule has 102 valence electrons. The highest BCUT2D eigenvalue weighted by molar-refractivity contribution is 5.89. The molecule has 0 aliphatic heterocycles. The van der Waals surface area contributed by atoms with Gasteiger partial charge in [0.1, 0.15) is 0 Å². The third-order valence-corrected chi connectivity index (χ3v) is 2.15. The Kier molecular flexibility index (Phi) is 5.05. The highest BCUT2D eigenvalue weighted by Gasteiger charge is 2.18. The fraction of sp³-hybridized carbons (Fsp3) is 0.308. The van der Waals surface area contributed by atoms with Crippen LogP contribution < -0.4 is 0 Å². The fourth-order valence-corrected chi connectivity index (χ4v) is 1.36. The summed E-state index contributed by atoms with van der Waals surface area (Å²) in [6.07, 6.45) is -1.12. The van der Waals surface area contributed by atoms with E-state index in [4.69, 9.17) is 9.47 Å². The van der Waals surface area contributed by atoms with Gasteiger partial charge in [-0.1, -0.05) is 12.1 Å². The lowest BCUT2D eigenvalue weighted by molar-refractivity contribution is -0.186. The second-order valence-corrected chi connectivity index (χ2v) is 3.66. The van der Waals surface area contributed by atoms with Crippen LogP contribution in [-0.4, -0.2) is 25.0 Å². The Morgan fingerprint density at radius 1 is 0.947 bits per heavy atom. The maximum atomic E-state index is 11.3. The van der Waals surface area contributed by atoms with Crippen molar-refractivity contribution in [2.75, 3.05) is 7.11 Å². The number of carbonyl (C=O) groups excluding carboxylic acids is 3. The van der Waals surface area contributed by atoms with E-state index in [1.807, 2.05) is 0 Å². The van der Waals surface area contributed by atoms with Gasteiger partial charge < -0.3 is 14.2 Å². The number of methoxy groups -OCH3 is 1. The smallest absolute Gasteiger partial charge is 0.337 e. The van der Waals surface area contributed by atoms with Gasteiger partial charge in [-0.3, -0.25) is 9.59 Å². The molecule has 0 fully saturated rings. The van der Waals surface area contributed by atoms with Gasteiger partial charge in [0.05, 0.1) is 12.7 Å². The standard InChI is InChI=1S/C13H14O6/c1-8(14)18-13(19-9(2)15)11-6-4-10(5-7-11)12(16)17-3/h4-7,13H,1-3H3. The second-order valence-electron chi connectivity index (χ2n) is 3.66. The molecule has 19 heavy (non-hydrogen) atoms. The van der Waals surface area contributed by atoms with E-state index in [0.717, 1.165) is 0 Å². The van der Waals surface area contributed by atoms with Crippen LogP contribution in [0.2, 0.25) is 0 Å². The Morgan fingerprint density at radius 2 is 1.42 bits per heavy atom. The largest absolute Gasteiger partial charge is 0.465 e. The highest BCUT2D eigenvalue weighted by Crippen LogP contribution is 2.20. The van der Waals surface area contributed by atoms with Gasteiger partial charge in [0.2, 0.25) is 0 Å². The van der Waals surface area contributed by atoms with Crippen molar-refractivity contribution in [1.82, 2.24) is 0 Å². The lowest BCUT2D eigenvalue weighted by Crippen LogP contribution is -2.15. The van der Waals surface area contributed by atoms with E-state index in [-0.39, 0.29) is 0 Å². The van der Waals surface area contributed by atoms with Crippen molar-refractivity contribution in [2.24, 2.45) is 0 Å². The SMILES string of the molecule is COC(=O)c1ccc(C(OC(C)=O)OC(C)=O)cc1. The first-order valence-corrected chi connectivity index (χ1v) is 5.46. The zero-order valence-corrected chi connectivity index (χ0v) is 10.8. The van der Waals surface area contributed by atoms with E-state index in [0.29, 0.717) is 11.1 Å². The molecule has 0 amide bonds. The van der Waals surface area contributed by atoms with Crippen LogP contribution in [0.15, 0.2) is 24.3 Å². The molecule has 0 saturated carbocycles. The molecule has 0 bridgehead atoms. The predicted octanol–water partition coefficient (Wildman–Crippen LogP) is 1.60. The minimum atomic E-state index is -1.12. The van der Waals surface area contributed by atoms with Gasteiger partial charge in [-0.2, -0.15) is 0 Å². The van der Waals surface area contributed by atoms with Crippen molar-refractivity contribution in [1.29, 1.82) is 0 Å². The maximum Gasteiger partial charge on any atom is 0.337 e. The number of ether oxygens (including phenoxy) is 3. The van der Waals surface area contributed by atoms with Crippen LogP contribution in [0.3, 0.4) is 0 Å². The van der Waals surface area contributed by atoms with E-state index in [1.54, 1.807) is 0 Å². The van der Waals surface area contributed by atoms with Gasteiger partial charge in [-0.15, -0.1) is 0 Å². The van der Waals surface area contributed by atoms with Crippen LogP contribution in [0, 0.1) is 0 Å². The maximum absolute atomic E-state index is 11.3. The first kappa shape index (κ1) is 14.7. The first-order valence-electron chi connectivity index (χ1n) is 5.46. The van der Waals surface area contributed by atoms with E-state index in [1.165, 1.54) is 45.2 Å². The number of carbonyl (C=O) groups is 3. The average Bonchev–Trinajstić information content (AvgIpc) is 2.36. The van der Waals surface area contributed by atoms with Crippen LogP contribution in [0.4, 0.5) is 0 Å². The molecule has 0 atom stereocenters. The topological polar surface area (TPSA) is 78.9 Å². The predicted molar refractivity (Wildman–Crippen MR) is 64.1 cm³/mol. The first-order chi connectivity index (χ1) is 8.93. The quantitative estimate of drug-likeness (QED) is 0.608. The third-order valence-electron chi connectivity index (χ3n) is 2.15. The van der Waals surface area contributed by atoms with Crippen LogP contribution in [0.25, 0.3) is 0 Å². The molecule has 0 heterocycles.